The van der Waals surface area contributed by atoms with Crippen molar-refractivity contribution in [3.63, 3.8) is 0 Å². The van der Waals surface area contributed by atoms with Crippen LogP contribution in [0, 0.1) is 0 Å². The normalized spacial score (nSPS) is 11.5. The number of anilines is 2. The number of phenolic OH excluding ortho intramolecular Hbond substituents is 1. The van der Waals surface area contributed by atoms with Crippen LogP contribution < -0.4 is 15.4 Å². The van der Waals surface area contributed by atoms with E-state index in [1.54, 1.807) is 30.6 Å². The average Bonchev–Trinajstić information content (AvgIpc) is 2.89. The Morgan fingerprint density at radius 1 is 1.06 bits per heavy atom. The lowest BCUT2D eigenvalue weighted by atomic mass is 10.1. The van der Waals surface area contributed by atoms with E-state index in [1.807, 2.05) is 55.5 Å². The van der Waals surface area contributed by atoms with E-state index in [1.165, 1.54) is 12.7 Å². The summed E-state index contributed by atoms with van der Waals surface area (Å²) in [6.45, 7) is 4.10. The van der Waals surface area contributed by atoms with Crippen LogP contribution in [0.4, 0.5) is 11.5 Å². The van der Waals surface area contributed by atoms with Gasteiger partial charge in [-0.3, -0.25) is 9.78 Å². The number of hydrogen-bond donors (Lipinski definition) is 3. The fourth-order valence-electron chi connectivity index (χ4n) is 3.70. The number of carbonyl (C=O) groups is 1. The van der Waals surface area contributed by atoms with E-state index in [9.17, 15) is 9.90 Å². The molecule has 1 aromatic heterocycles. The molecule has 1 amide bonds. The second-order valence-electron chi connectivity index (χ2n) is 8.17. The number of ether oxygens (including phenoxy) is 1. The van der Waals surface area contributed by atoms with Crippen LogP contribution in [0.2, 0.25) is 0 Å². The minimum absolute atomic E-state index is 0.0667. The smallest absolute Gasteiger partial charge is 0.255 e. The second kappa shape index (κ2) is 10.7. The molecular weight excluding hydrogens is 440 g/mol. The Kier molecular flexibility index (Phi) is 7.26. The van der Waals surface area contributed by atoms with Crippen molar-refractivity contribution in [1.29, 1.82) is 0 Å². The van der Waals surface area contributed by atoms with Gasteiger partial charge in [-0.2, -0.15) is 0 Å². The highest BCUT2D eigenvalue weighted by molar-refractivity contribution is 6.04. The number of nitrogens with one attached hydrogen (secondary N) is 2. The van der Waals surface area contributed by atoms with Crippen LogP contribution in [-0.2, 0) is 6.42 Å². The number of aromatic nitrogens is 2. The first-order valence-corrected chi connectivity index (χ1v) is 11.4. The van der Waals surface area contributed by atoms with Crippen molar-refractivity contribution in [1.82, 2.24) is 9.97 Å². The Labute approximate surface area is 204 Å². The van der Waals surface area contributed by atoms with Gasteiger partial charge in [-0.15, -0.1) is 0 Å². The maximum atomic E-state index is 12.7. The number of rotatable bonds is 8. The zero-order valence-corrected chi connectivity index (χ0v) is 19.9. The number of methoxy groups -OCH3 is 1. The maximum absolute atomic E-state index is 12.7. The van der Waals surface area contributed by atoms with E-state index in [4.69, 9.17) is 4.74 Å². The van der Waals surface area contributed by atoms with Gasteiger partial charge in [0.25, 0.3) is 5.91 Å². The molecule has 7 heteroatoms. The number of benzene rings is 3. The maximum Gasteiger partial charge on any atom is 0.255 e. The van der Waals surface area contributed by atoms with Crippen LogP contribution >= 0.6 is 0 Å². The zero-order chi connectivity index (χ0) is 24.8. The van der Waals surface area contributed by atoms with Crippen molar-refractivity contribution in [3.8, 4) is 22.8 Å². The molecule has 0 unspecified atom stereocenters. The number of hydrogen-bond acceptors (Lipinski definition) is 6. The van der Waals surface area contributed by atoms with Crippen LogP contribution in [0.15, 0.2) is 79.1 Å². The first-order chi connectivity index (χ1) is 17.0. The summed E-state index contributed by atoms with van der Waals surface area (Å²) in [6.07, 6.45) is 4.25. The highest BCUT2D eigenvalue weighted by Crippen LogP contribution is 2.31. The van der Waals surface area contributed by atoms with E-state index in [0.717, 1.165) is 23.2 Å². The molecule has 0 saturated heterocycles. The summed E-state index contributed by atoms with van der Waals surface area (Å²) in [5.74, 6) is 0.897. The lowest BCUT2D eigenvalue weighted by molar-refractivity contribution is 0.102. The molecule has 0 bridgehead atoms. The lowest BCUT2D eigenvalue weighted by Gasteiger charge is -2.17. The summed E-state index contributed by atoms with van der Waals surface area (Å²) in [5.41, 5.74) is 4.95. The number of nitrogens with zero attached hydrogens (tertiary/aromatic N) is 2. The topological polar surface area (TPSA) is 96.4 Å². The number of aryl methyl sites for hydroxylation is 1. The summed E-state index contributed by atoms with van der Waals surface area (Å²) >= 11 is 0. The van der Waals surface area contributed by atoms with Gasteiger partial charge in [0.15, 0.2) is 11.5 Å². The molecular formula is C28H28N4O3. The molecule has 1 heterocycles. The summed E-state index contributed by atoms with van der Waals surface area (Å²) in [6, 6.07) is 20.3. The summed E-state index contributed by atoms with van der Waals surface area (Å²) in [7, 11) is 1.50. The van der Waals surface area contributed by atoms with Gasteiger partial charge in [0.05, 0.1) is 31.2 Å². The third kappa shape index (κ3) is 5.76. The molecule has 3 aromatic carbocycles. The SMILES string of the molecule is CCc1ccc(C(=O)Nc2cccc([C@H](C)Nc3cncc(-c4ccc(O)c(OC)c4)n3)c2)cc1. The quantitative estimate of drug-likeness (QED) is 0.300. The summed E-state index contributed by atoms with van der Waals surface area (Å²) in [5, 5.41) is 16.2. The first-order valence-electron chi connectivity index (χ1n) is 11.4. The van der Waals surface area contributed by atoms with Crippen molar-refractivity contribution in [3.05, 3.63) is 95.8 Å². The molecule has 0 aliphatic heterocycles. The predicted octanol–water partition coefficient (Wildman–Crippen LogP) is 5.85. The first kappa shape index (κ1) is 23.8. The van der Waals surface area contributed by atoms with Crippen molar-refractivity contribution in [2.24, 2.45) is 0 Å². The predicted molar refractivity (Wildman–Crippen MR) is 138 cm³/mol. The standard InChI is InChI=1S/C28H28N4O3/c1-4-19-8-10-20(11-9-19)28(34)31-23-7-5-6-21(14-23)18(2)30-27-17-29-16-24(32-27)22-12-13-25(33)26(15-22)35-3/h5-18,33H,4H2,1-3H3,(H,30,32)(H,31,34)/t18-/m0/s1. The van der Waals surface area contributed by atoms with Crippen LogP contribution in [0.5, 0.6) is 11.5 Å². The van der Waals surface area contributed by atoms with Crippen LogP contribution in [0.3, 0.4) is 0 Å². The second-order valence-corrected chi connectivity index (χ2v) is 8.17. The van der Waals surface area contributed by atoms with E-state index in [2.05, 4.69) is 27.5 Å². The highest BCUT2D eigenvalue weighted by Gasteiger charge is 2.12. The van der Waals surface area contributed by atoms with Gasteiger partial charge >= 0.3 is 0 Å². The Hall–Kier alpha value is -4.39. The number of amides is 1. The molecule has 35 heavy (non-hydrogen) atoms. The number of carbonyl (C=O) groups excluding carboxylic acids is 1. The molecule has 0 radical (unpaired) electrons. The molecule has 4 aromatic rings. The van der Waals surface area contributed by atoms with Gasteiger partial charge in [0, 0.05) is 16.8 Å². The van der Waals surface area contributed by atoms with Gasteiger partial charge in [-0.25, -0.2) is 4.98 Å². The number of aromatic hydroxyl groups is 1. The van der Waals surface area contributed by atoms with E-state index < -0.39 is 0 Å². The molecule has 0 fully saturated rings. The minimum Gasteiger partial charge on any atom is -0.504 e. The van der Waals surface area contributed by atoms with Gasteiger partial charge < -0.3 is 20.5 Å². The molecule has 1 atom stereocenters. The average molecular weight is 469 g/mol. The van der Waals surface area contributed by atoms with Crippen LogP contribution in [0.1, 0.15) is 41.4 Å². The fourth-order valence-corrected chi connectivity index (χ4v) is 3.70. The van der Waals surface area contributed by atoms with Crippen LogP contribution in [-0.4, -0.2) is 28.1 Å². The molecule has 4 rings (SSSR count). The Morgan fingerprint density at radius 3 is 2.60 bits per heavy atom. The van der Waals surface area contributed by atoms with Gasteiger partial charge in [-0.1, -0.05) is 31.2 Å². The largest absolute Gasteiger partial charge is 0.504 e. The van der Waals surface area contributed by atoms with Gasteiger partial charge in [-0.05, 0) is 66.9 Å². The van der Waals surface area contributed by atoms with Crippen LogP contribution in [0.25, 0.3) is 11.3 Å². The Balaban J connectivity index is 1.47. The zero-order valence-electron chi connectivity index (χ0n) is 19.9. The van der Waals surface area contributed by atoms with Crippen molar-refractivity contribution in [2.75, 3.05) is 17.7 Å². The Bertz CT molecular complexity index is 1320. The monoisotopic (exact) mass is 468 g/mol. The number of phenols is 1. The molecule has 3 N–H and O–H groups in total. The third-order valence-electron chi connectivity index (χ3n) is 5.74. The van der Waals surface area contributed by atoms with Crippen molar-refractivity contribution in [2.45, 2.75) is 26.3 Å². The lowest BCUT2D eigenvalue weighted by Crippen LogP contribution is -2.13. The van der Waals surface area contributed by atoms with Gasteiger partial charge in [0.2, 0.25) is 0 Å². The van der Waals surface area contributed by atoms with Crippen molar-refractivity contribution >= 4 is 17.4 Å². The highest BCUT2D eigenvalue weighted by atomic mass is 16.5. The van der Waals surface area contributed by atoms with Crippen molar-refractivity contribution < 1.29 is 14.6 Å². The van der Waals surface area contributed by atoms with E-state index >= 15 is 0 Å². The molecule has 0 aliphatic carbocycles. The summed E-state index contributed by atoms with van der Waals surface area (Å²) < 4.78 is 5.19. The molecule has 7 nitrogen and oxygen atoms in total. The summed E-state index contributed by atoms with van der Waals surface area (Å²) in [4.78, 5) is 21.6. The Morgan fingerprint density at radius 2 is 1.86 bits per heavy atom. The van der Waals surface area contributed by atoms with E-state index in [0.29, 0.717) is 22.8 Å². The molecule has 0 spiro atoms. The molecule has 0 saturated carbocycles. The fraction of sp³-hybridized carbons (Fsp3) is 0.179. The molecule has 178 valence electrons. The minimum atomic E-state index is -0.145. The third-order valence-corrected chi connectivity index (χ3v) is 5.74. The van der Waals surface area contributed by atoms with Gasteiger partial charge in [0.1, 0.15) is 5.82 Å². The van der Waals surface area contributed by atoms with E-state index in [-0.39, 0.29) is 17.7 Å². The molecule has 0 aliphatic rings.